The summed E-state index contributed by atoms with van der Waals surface area (Å²) < 4.78 is 2.07. The first-order chi connectivity index (χ1) is 12.4. The van der Waals surface area contributed by atoms with Crippen LogP contribution in [-0.4, -0.2) is 15.6 Å². The van der Waals surface area contributed by atoms with Gasteiger partial charge in [0.1, 0.15) is 0 Å². The number of carbonyl (C=O) groups is 1. The van der Waals surface area contributed by atoms with E-state index in [1.54, 1.807) is 18.2 Å². The Balaban J connectivity index is 0.000000920. The largest absolute Gasteiger partial charge is 0.478 e. The molecule has 0 aliphatic carbocycles. The van der Waals surface area contributed by atoms with Gasteiger partial charge in [-0.3, -0.25) is 0 Å². The van der Waals surface area contributed by atoms with Crippen molar-refractivity contribution < 1.29 is 9.90 Å². The van der Waals surface area contributed by atoms with Crippen molar-refractivity contribution >= 4 is 5.97 Å². The lowest BCUT2D eigenvalue weighted by molar-refractivity contribution is 0.0697. The van der Waals surface area contributed by atoms with Gasteiger partial charge in [-0.25, -0.2) is 4.79 Å². The van der Waals surface area contributed by atoms with Crippen molar-refractivity contribution in [3.8, 4) is 11.1 Å². The van der Waals surface area contributed by atoms with E-state index in [4.69, 9.17) is 5.11 Å². The van der Waals surface area contributed by atoms with Crippen molar-refractivity contribution in [3.05, 3.63) is 73.1 Å². The first kappa shape index (κ1) is 23.4. The maximum Gasteiger partial charge on any atom is 0.335 e. The molecule has 0 unspecified atom stereocenters. The topological polar surface area (TPSA) is 42.2 Å². The fourth-order valence-corrected chi connectivity index (χ4v) is 1.96. The lowest BCUT2D eigenvalue weighted by Crippen LogP contribution is -2.02. The molecule has 3 heteroatoms. The molecule has 0 atom stereocenters. The van der Waals surface area contributed by atoms with Crippen LogP contribution in [0.3, 0.4) is 0 Å². The normalized spacial score (nSPS) is 9.46. The Kier molecular flexibility index (Phi) is 11.5. The van der Waals surface area contributed by atoms with Crippen molar-refractivity contribution in [2.45, 2.75) is 47.6 Å². The quantitative estimate of drug-likeness (QED) is 0.588. The fourth-order valence-electron chi connectivity index (χ4n) is 1.96. The highest BCUT2D eigenvalue weighted by molar-refractivity contribution is 5.89. The molecule has 0 bridgehead atoms. The Morgan fingerprint density at radius 1 is 1.23 bits per heavy atom. The Labute approximate surface area is 158 Å². The summed E-state index contributed by atoms with van der Waals surface area (Å²) in [5.74, 6) is -0.448. The Bertz CT molecular complexity index is 696. The number of aromatic nitrogens is 1. The molecule has 1 heterocycles. The van der Waals surface area contributed by atoms with Gasteiger partial charge in [0.25, 0.3) is 0 Å². The van der Waals surface area contributed by atoms with Crippen LogP contribution in [0.1, 0.15) is 51.4 Å². The van der Waals surface area contributed by atoms with E-state index in [9.17, 15) is 4.79 Å². The van der Waals surface area contributed by atoms with Crippen molar-refractivity contribution in [1.29, 1.82) is 0 Å². The highest BCUT2D eigenvalue weighted by Gasteiger charge is 2.07. The zero-order valence-corrected chi connectivity index (χ0v) is 16.8. The molecule has 2 rings (SSSR count). The number of allylic oxidation sites excluding steroid dienone is 2. The highest BCUT2D eigenvalue weighted by Crippen LogP contribution is 2.22. The number of carboxylic acids is 1. The number of hydrogen-bond donors (Lipinski definition) is 1. The lowest BCUT2D eigenvalue weighted by atomic mass is 10.1. The molecule has 142 valence electrons. The third kappa shape index (κ3) is 8.02. The van der Waals surface area contributed by atoms with Gasteiger partial charge in [0.05, 0.1) is 5.56 Å². The molecule has 1 N–H and O–H groups in total. The molecule has 0 saturated carbocycles. The van der Waals surface area contributed by atoms with Gasteiger partial charge in [-0.1, -0.05) is 65.0 Å². The summed E-state index contributed by atoms with van der Waals surface area (Å²) in [4.78, 5) is 11.0. The molecule has 2 aromatic rings. The molecule has 0 aliphatic heterocycles. The number of nitrogens with zero attached hydrogens (tertiary/aromatic N) is 1. The predicted molar refractivity (Wildman–Crippen MR) is 113 cm³/mol. The summed E-state index contributed by atoms with van der Waals surface area (Å²) >= 11 is 0. The number of carboxylic acid groups (broad SMARTS) is 1. The fraction of sp³-hybridized carbons (Fsp3) is 0.348. The summed E-state index contributed by atoms with van der Waals surface area (Å²) in [6, 6.07) is 8.98. The SMILES string of the molecule is C=C(Cn1ccc(-c2cccc(C(=O)O)c2)c1)C(C)C.C=CCC.CC. The van der Waals surface area contributed by atoms with E-state index in [1.807, 2.05) is 44.4 Å². The van der Waals surface area contributed by atoms with Gasteiger partial charge in [-0.15, -0.1) is 6.58 Å². The second-order valence-electron chi connectivity index (χ2n) is 5.97. The third-order valence-electron chi connectivity index (χ3n) is 3.68. The summed E-state index contributed by atoms with van der Waals surface area (Å²) in [5.41, 5.74) is 3.41. The molecular weight excluding hydrogens is 322 g/mol. The molecule has 0 saturated heterocycles. The summed E-state index contributed by atoms with van der Waals surface area (Å²) in [5, 5.41) is 9.02. The molecule has 0 spiro atoms. The summed E-state index contributed by atoms with van der Waals surface area (Å²) in [7, 11) is 0. The maximum absolute atomic E-state index is 11.0. The van der Waals surface area contributed by atoms with Crippen LogP contribution in [0.4, 0.5) is 0 Å². The second kappa shape index (κ2) is 12.8. The van der Waals surface area contributed by atoms with E-state index >= 15 is 0 Å². The second-order valence-corrected chi connectivity index (χ2v) is 5.97. The minimum Gasteiger partial charge on any atom is -0.478 e. The minimum atomic E-state index is -0.903. The molecule has 3 nitrogen and oxygen atoms in total. The lowest BCUT2D eigenvalue weighted by Gasteiger charge is -2.10. The van der Waals surface area contributed by atoms with Crippen LogP contribution < -0.4 is 0 Å². The molecular formula is C23H33NO2. The third-order valence-corrected chi connectivity index (χ3v) is 3.68. The van der Waals surface area contributed by atoms with E-state index in [1.165, 1.54) is 5.57 Å². The number of hydrogen-bond acceptors (Lipinski definition) is 1. The van der Waals surface area contributed by atoms with Crippen LogP contribution in [-0.2, 0) is 6.54 Å². The first-order valence-corrected chi connectivity index (χ1v) is 9.17. The van der Waals surface area contributed by atoms with E-state index in [2.05, 4.69) is 38.5 Å². The molecule has 26 heavy (non-hydrogen) atoms. The van der Waals surface area contributed by atoms with Gasteiger partial charge < -0.3 is 9.67 Å². The number of aromatic carboxylic acids is 1. The van der Waals surface area contributed by atoms with E-state index < -0.39 is 5.97 Å². The standard InChI is InChI=1S/C17H19NO2.C4H8.C2H6/c1-12(2)13(3)10-18-8-7-16(11-18)14-5-4-6-15(9-14)17(19)20;1-3-4-2;1-2/h4-9,11-12H,3,10H2,1-2H3,(H,19,20);3H,1,4H2,2H3;1-2H3. The highest BCUT2D eigenvalue weighted by atomic mass is 16.4. The van der Waals surface area contributed by atoms with Crippen LogP contribution in [0, 0.1) is 5.92 Å². The van der Waals surface area contributed by atoms with Gasteiger partial charge in [-0.2, -0.15) is 0 Å². The van der Waals surface area contributed by atoms with Crippen molar-refractivity contribution in [3.63, 3.8) is 0 Å². The first-order valence-electron chi connectivity index (χ1n) is 9.17. The average molecular weight is 356 g/mol. The summed E-state index contributed by atoms with van der Waals surface area (Å²) in [6.07, 6.45) is 6.98. The van der Waals surface area contributed by atoms with Gasteiger partial charge in [0, 0.05) is 18.9 Å². The van der Waals surface area contributed by atoms with Crippen LogP contribution in [0.5, 0.6) is 0 Å². The predicted octanol–water partition coefficient (Wildman–Crippen LogP) is 6.67. The average Bonchev–Trinajstić information content (AvgIpc) is 3.12. The Morgan fingerprint density at radius 2 is 1.85 bits per heavy atom. The molecule has 0 fully saturated rings. The molecule has 1 aromatic heterocycles. The zero-order valence-electron chi connectivity index (χ0n) is 16.8. The smallest absolute Gasteiger partial charge is 0.335 e. The molecule has 0 amide bonds. The molecule has 0 aliphatic rings. The Morgan fingerprint density at radius 3 is 2.35 bits per heavy atom. The molecule has 0 radical (unpaired) electrons. The van der Waals surface area contributed by atoms with Gasteiger partial charge in [0.15, 0.2) is 0 Å². The van der Waals surface area contributed by atoms with Crippen molar-refractivity contribution in [1.82, 2.24) is 4.57 Å². The van der Waals surface area contributed by atoms with Gasteiger partial charge >= 0.3 is 5.97 Å². The van der Waals surface area contributed by atoms with Gasteiger partial charge in [-0.05, 0) is 41.7 Å². The van der Waals surface area contributed by atoms with Crippen LogP contribution in [0.25, 0.3) is 11.1 Å². The summed E-state index contributed by atoms with van der Waals surface area (Å²) in [6.45, 7) is 18.7. The number of benzene rings is 1. The molecule has 1 aromatic carbocycles. The van der Waals surface area contributed by atoms with Gasteiger partial charge in [0.2, 0.25) is 0 Å². The van der Waals surface area contributed by atoms with Crippen LogP contribution in [0.2, 0.25) is 0 Å². The maximum atomic E-state index is 11.0. The minimum absolute atomic E-state index is 0.307. The monoisotopic (exact) mass is 355 g/mol. The van der Waals surface area contributed by atoms with Crippen molar-refractivity contribution in [2.75, 3.05) is 0 Å². The van der Waals surface area contributed by atoms with Crippen LogP contribution in [0.15, 0.2) is 67.5 Å². The van der Waals surface area contributed by atoms with Crippen molar-refractivity contribution in [2.24, 2.45) is 5.92 Å². The Hall–Kier alpha value is -2.55. The van der Waals surface area contributed by atoms with E-state index in [-0.39, 0.29) is 0 Å². The van der Waals surface area contributed by atoms with E-state index in [0.717, 1.165) is 24.1 Å². The van der Waals surface area contributed by atoms with E-state index in [0.29, 0.717) is 11.5 Å². The zero-order chi connectivity index (χ0) is 20.1. The number of rotatable bonds is 6. The van der Waals surface area contributed by atoms with Crippen LogP contribution >= 0.6 is 0 Å².